The van der Waals surface area contributed by atoms with E-state index in [0.717, 1.165) is 31.2 Å². The van der Waals surface area contributed by atoms with Gasteiger partial charge < -0.3 is 4.52 Å². The van der Waals surface area contributed by atoms with Crippen LogP contribution < -0.4 is 0 Å². The summed E-state index contributed by atoms with van der Waals surface area (Å²) < 4.78 is 23.8. The van der Waals surface area contributed by atoms with Crippen LogP contribution >= 0.6 is 8.25 Å². The lowest BCUT2D eigenvalue weighted by Crippen LogP contribution is -2.14. The van der Waals surface area contributed by atoms with Gasteiger partial charge in [-0.25, -0.2) is 0 Å². The van der Waals surface area contributed by atoms with Crippen LogP contribution in [0.4, 0.5) is 0 Å². The summed E-state index contributed by atoms with van der Waals surface area (Å²) in [7, 11) is -2.49. The van der Waals surface area contributed by atoms with E-state index in [0.29, 0.717) is 0 Å². The highest BCUT2D eigenvalue weighted by atomic mass is 31.1. The van der Waals surface area contributed by atoms with Gasteiger partial charge in [-0.3, -0.25) is 9.09 Å². The molecule has 0 radical (unpaired) electrons. The Bertz CT molecular complexity index is 757. The molecular weight excluding hydrogens is 307 g/mol. The first-order chi connectivity index (χ1) is 11.3. The lowest BCUT2D eigenvalue weighted by Gasteiger charge is -2.24. The van der Waals surface area contributed by atoms with E-state index in [2.05, 4.69) is 36.4 Å². The molecule has 2 aromatic carbocycles. The van der Waals surface area contributed by atoms with E-state index in [1.165, 1.54) is 22.8 Å². The molecule has 0 amide bonds. The van der Waals surface area contributed by atoms with Crippen molar-refractivity contribution in [3.63, 3.8) is 0 Å². The Kier molecular flexibility index (Phi) is 4.35. The molecule has 120 valence electrons. The van der Waals surface area contributed by atoms with Crippen LogP contribution in [0, 0.1) is 0 Å². The maximum atomic E-state index is 12.3. The molecule has 2 aliphatic carbocycles. The third kappa shape index (κ3) is 3.14. The molecule has 0 spiro atoms. The van der Waals surface area contributed by atoms with Crippen molar-refractivity contribution in [2.45, 2.75) is 44.3 Å². The van der Waals surface area contributed by atoms with E-state index >= 15 is 0 Å². The second kappa shape index (κ2) is 6.60. The number of hydrogen-bond donors (Lipinski definition) is 0. The summed E-state index contributed by atoms with van der Waals surface area (Å²) in [6, 6.07) is 12.4. The Morgan fingerprint density at radius 3 is 2.57 bits per heavy atom. The fraction of sp³-hybridized carbons (Fsp3) is 0.368. The molecule has 2 unspecified atom stereocenters. The van der Waals surface area contributed by atoms with Crippen LogP contribution in [-0.4, -0.2) is 6.10 Å². The second-order valence-electron chi connectivity index (χ2n) is 6.32. The van der Waals surface area contributed by atoms with Gasteiger partial charge in [-0.15, -0.1) is 0 Å². The van der Waals surface area contributed by atoms with E-state index in [9.17, 15) is 4.57 Å². The third-order valence-electron chi connectivity index (χ3n) is 4.76. The summed E-state index contributed by atoms with van der Waals surface area (Å²) in [5.74, 6) is 0. The first-order valence-electron chi connectivity index (χ1n) is 8.38. The molecule has 0 aromatic heterocycles. The molecule has 0 heterocycles. The average molecular weight is 328 g/mol. The number of rotatable bonds is 4. The van der Waals surface area contributed by atoms with Crippen LogP contribution in [0.5, 0.6) is 0 Å². The van der Waals surface area contributed by atoms with Crippen molar-refractivity contribution in [2.24, 2.45) is 0 Å². The predicted molar refractivity (Wildman–Crippen MR) is 93.8 cm³/mol. The van der Waals surface area contributed by atoms with Crippen molar-refractivity contribution in [3.8, 4) is 0 Å². The van der Waals surface area contributed by atoms with Crippen LogP contribution in [0.25, 0.3) is 16.8 Å². The van der Waals surface area contributed by atoms with Crippen molar-refractivity contribution in [1.82, 2.24) is 0 Å². The van der Waals surface area contributed by atoms with Gasteiger partial charge in [-0.05, 0) is 34.7 Å². The molecule has 2 aromatic rings. The fourth-order valence-electron chi connectivity index (χ4n) is 3.62. The Balaban J connectivity index is 1.53. The Labute approximate surface area is 137 Å². The summed E-state index contributed by atoms with van der Waals surface area (Å²) in [5.41, 5.74) is 2.26. The normalized spacial score (nSPS) is 22.3. The molecule has 1 fully saturated rings. The van der Waals surface area contributed by atoms with Crippen LogP contribution in [0.15, 0.2) is 42.5 Å². The zero-order valence-corrected chi connectivity index (χ0v) is 14.0. The van der Waals surface area contributed by atoms with Crippen LogP contribution in [-0.2, 0) is 13.6 Å². The van der Waals surface area contributed by atoms with Crippen molar-refractivity contribution in [3.05, 3.63) is 53.6 Å². The zero-order valence-electron chi connectivity index (χ0n) is 13.0. The van der Waals surface area contributed by atoms with Crippen molar-refractivity contribution in [1.29, 1.82) is 0 Å². The lowest BCUT2D eigenvalue weighted by atomic mass is 9.92. The van der Waals surface area contributed by atoms with Crippen molar-refractivity contribution < 1.29 is 13.6 Å². The topological polar surface area (TPSA) is 35.5 Å². The Morgan fingerprint density at radius 1 is 0.957 bits per heavy atom. The minimum atomic E-state index is -2.49. The highest BCUT2D eigenvalue weighted by Crippen LogP contribution is 2.42. The molecule has 2 aliphatic rings. The Morgan fingerprint density at radius 2 is 1.74 bits per heavy atom. The second-order valence-corrected chi connectivity index (χ2v) is 7.29. The van der Waals surface area contributed by atoms with Crippen LogP contribution in [0.2, 0.25) is 0 Å². The molecule has 3 nitrogen and oxygen atoms in total. The van der Waals surface area contributed by atoms with E-state index < -0.39 is 8.25 Å². The summed E-state index contributed by atoms with van der Waals surface area (Å²) >= 11 is 0. The molecule has 1 saturated carbocycles. The van der Waals surface area contributed by atoms with E-state index in [-0.39, 0.29) is 12.2 Å². The minimum Gasteiger partial charge on any atom is -0.307 e. The summed E-state index contributed by atoms with van der Waals surface area (Å²) in [4.78, 5) is 0. The molecule has 0 bridgehead atoms. The molecule has 23 heavy (non-hydrogen) atoms. The monoisotopic (exact) mass is 328 g/mol. The first-order valence-corrected chi connectivity index (χ1v) is 9.61. The molecule has 0 saturated heterocycles. The van der Waals surface area contributed by atoms with Gasteiger partial charge in [-0.2, -0.15) is 0 Å². The van der Waals surface area contributed by atoms with Crippen LogP contribution in [0.3, 0.4) is 0 Å². The molecule has 0 N–H and O–H groups in total. The molecule has 4 heteroatoms. The maximum Gasteiger partial charge on any atom is 0.320 e. The highest BCUT2D eigenvalue weighted by molar-refractivity contribution is 7.33. The fourth-order valence-corrected chi connectivity index (χ4v) is 4.60. The largest absolute Gasteiger partial charge is 0.320 e. The van der Waals surface area contributed by atoms with Crippen LogP contribution in [0.1, 0.15) is 49.3 Å². The van der Waals surface area contributed by atoms with Gasteiger partial charge in [0.25, 0.3) is 0 Å². The molecule has 0 aliphatic heterocycles. The van der Waals surface area contributed by atoms with Gasteiger partial charge >= 0.3 is 8.25 Å². The van der Waals surface area contributed by atoms with Gasteiger partial charge in [0.15, 0.2) is 0 Å². The molecule has 2 atom stereocenters. The van der Waals surface area contributed by atoms with E-state index in [1.807, 2.05) is 12.1 Å². The van der Waals surface area contributed by atoms with Crippen molar-refractivity contribution in [2.75, 3.05) is 0 Å². The standard InChI is InChI=1S/C19H21O3P/c20-23(21-16-9-2-1-3-10-16)22-18-13-12-15-7-4-6-14-8-5-11-17(18)19(14)15/h4-8,11-13,16,18,23H,1-3,9-10H2. The number of benzene rings is 2. The predicted octanol–water partition coefficient (Wildman–Crippen LogP) is 5.66. The summed E-state index contributed by atoms with van der Waals surface area (Å²) in [6.07, 6.45) is 9.42. The maximum absolute atomic E-state index is 12.3. The van der Waals surface area contributed by atoms with Crippen molar-refractivity contribution >= 4 is 25.1 Å². The smallest absolute Gasteiger partial charge is 0.307 e. The summed E-state index contributed by atoms with van der Waals surface area (Å²) in [5, 5.41) is 2.38. The first kappa shape index (κ1) is 15.1. The Hall–Kier alpha value is -1.41. The van der Waals surface area contributed by atoms with Gasteiger partial charge in [0.1, 0.15) is 6.10 Å². The van der Waals surface area contributed by atoms with Gasteiger partial charge in [-0.1, -0.05) is 67.8 Å². The lowest BCUT2D eigenvalue weighted by molar-refractivity contribution is 0.119. The molecular formula is C19H21O3P. The van der Waals surface area contributed by atoms with Gasteiger partial charge in [0.05, 0.1) is 6.10 Å². The van der Waals surface area contributed by atoms with Gasteiger partial charge in [0.2, 0.25) is 0 Å². The zero-order chi connectivity index (χ0) is 15.6. The quantitative estimate of drug-likeness (QED) is 0.679. The SMILES string of the molecule is O=[PH](OC1CCCCC1)OC1C=Cc2cccc3cccc1c23. The van der Waals surface area contributed by atoms with Gasteiger partial charge in [0, 0.05) is 0 Å². The minimum absolute atomic E-state index is 0.103. The third-order valence-corrected chi connectivity index (χ3v) is 5.74. The molecule has 4 rings (SSSR count). The van der Waals surface area contributed by atoms with E-state index in [1.54, 1.807) is 0 Å². The van der Waals surface area contributed by atoms with E-state index in [4.69, 9.17) is 9.05 Å². The summed E-state index contributed by atoms with van der Waals surface area (Å²) in [6.45, 7) is 0. The highest BCUT2D eigenvalue weighted by Gasteiger charge is 2.22. The average Bonchev–Trinajstić information content (AvgIpc) is 2.58. The number of hydrogen-bond acceptors (Lipinski definition) is 3.